The van der Waals surface area contributed by atoms with Gasteiger partial charge in [-0.05, 0) is 30.7 Å². The van der Waals surface area contributed by atoms with Crippen LogP contribution in [-0.2, 0) is 6.54 Å². The average molecular weight is 244 g/mol. The molecule has 0 fully saturated rings. The number of hydrogen-bond donors (Lipinski definition) is 2. The van der Waals surface area contributed by atoms with Crippen LogP contribution in [0.4, 0.5) is 0 Å². The van der Waals surface area contributed by atoms with Crippen LogP contribution in [0, 0.1) is 5.41 Å². The van der Waals surface area contributed by atoms with Gasteiger partial charge in [0.2, 0.25) is 0 Å². The molecular weight excluding hydrogens is 228 g/mol. The van der Waals surface area contributed by atoms with E-state index in [9.17, 15) is 0 Å². The Morgan fingerprint density at radius 1 is 1.33 bits per heavy atom. The fraction of sp³-hybridized carbons (Fsp3) is 0.231. The van der Waals surface area contributed by atoms with Crippen molar-refractivity contribution in [3.05, 3.63) is 42.2 Å². The van der Waals surface area contributed by atoms with Crippen LogP contribution in [-0.4, -0.2) is 15.6 Å². The van der Waals surface area contributed by atoms with Gasteiger partial charge in [0.1, 0.15) is 11.6 Å². The second-order valence-electron chi connectivity index (χ2n) is 3.98. The van der Waals surface area contributed by atoms with Crippen molar-refractivity contribution >= 4 is 5.84 Å². The average Bonchev–Trinajstić information content (AvgIpc) is 2.78. The molecule has 0 saturated carbocycles. The van der Waals surface area contributed by atoms with Crippen LogP contribution in [0.15, 0.2) is 36.7 Å². The minimum Gasteiger partial charge on any atom is -0.454 e. The molecule has 1 aromatic heterocycles. The van der Waals surface area contributed by atoms with E-state index in [4.69, 9.17) is 15.9 Å². The van der Waals surface area contributed by atoms with Crippen molar-refractivity contribution in [2.75, 3.05) is 0 Å². The molecule has 0 aliphatic rings. The number of ether oxygens (including phenoxy) is 1. The molecule has 0 amide bonds. The first-order valence-corrected chi connectivity index (χ1v) is 5.84. The molecule has 0 radical (unpaired) electrons. The molecule has 0 unspecified atom stereocenters. The standard InChI is InChI=1S/C13H16N4O/c1-2-7-17-9-12(8-16-17)18-11-5-3-10(4-6-11)13(14)15/h3-6,8-9H,2,7H2,1H3,(H3,14,15). The van der Waals surface area contributed by atoms with E-state index < -0.39 is 0 Å². The lowest BCUT2D eigenvalue weighted by molar-refractivity contribution is 0.480. The summed E-state index contributed by atoms with van der Waals surface area (Å²) in [6.45, 7) is 2.98. The number of nitrogens with one attached hydrogen (secondary N) is 1. The molecule has 1 heterocycles. The molecule has 0 saturated heterocycles. The number of nitrogens with two attached hydrogens (primary N) is 1. The SMILES string of the molecule is CCCn1cc(Oc2ccc(C(=N)N)cc2)cn1. The molecule has 5 heteroatoms. The van der Waals surface area contributed by atoms with Gasteiger partial charge in [-0.1, -0.05) is 6.92 Å². The Morgan fingerprint density at radius 3 is 2.67 bits per heavy atom. The summed E-state index contributed by atoms with van der Waals surface area (Å²) in [5.74, 6) is 1.47. The molecule has 0 bridgehead atoms. The molecular formula is C13H16N4O. The molecule has 0 atom stereocenters. The van der Waals surface area contributed by atoms with Crippen LogP contribution in [0.25, 0.3) is 0 Å². The first-order valence-electron chi connectivity index (χ1n) is 5.84. The van der Waals surface area contributed by atoms with Gasteiger partial charge in [-0.25, -0.2) is 0 Å². The van der Waals surface area contributed by atoms with Crippen molar-refractivity contribution < 1.29 is 4.74 Å². The number of aromatic nitrogens is 2. The largest absolute Gasteiger partial charge is 0.454 e. The first-order chi connectivity index (χ1) is 8.69. The van der Waals surface area contributed by atoms with Crippen LogP contribution in [0.1, 0.15) is 18.9 Å². The number of hydrogen-bond acceptors (Lipinski definition) is 3. The van der Waals surface area contributed by atoms with Crippen LogP contribution in [0.5, 0.6) is 11.5 Å². The zero-order valence-electron chi connectivity index (χ0n) is 10.3. The first kappa shape index (κ1) is 12.2. The van der Waals surface area contributed by atoms with Gasteiger partial charge in [-0.3, -0.25) is 10.1 Å². The number of nitrogens with zero attached hydrogens (tertiary/aromatic N) is 2. The predicted octanol–water partition coefficient (Wildman–Crippen LogP) is 2.37. The summed E-state index contributed by atoms with van der Waals surface area (Å²) < 4.78 is 7.49. The van der Waals surface area contributed by atoms with Gasteiger partial charge >= 0.3 is 0 Å². The smallest absolute Gasteiger partial charge is 0.165 e. The maximum Gasteiger partial charge on any atom is 0.165 e. The van der Waals surface area contributed by atoms with E-state index in [1.165, 1.54) is 0 Å². The third-order valence-electron chi connectivity index (χ3n) is 2.46. The summed E-state index contributed by atoms with van der Waals surface area (Å²) in [5.41, 5.74) is 6.07. The quantitative estimate of drug-likeness (QED) is 0.626. The van der Waals surface area contributed by atoms with Gasteiger partial charge in [0.15, 0.2) is 5.75 Å². The second-order valence-corrected chi connectivity index (χ2v) is 3.98. The topological polar surface area (TPSA) is 76.9 Å². The minimum absolute atomic E-state index is 0.0531. The van der Waals surface area contributed by atoms with E-state index >= 15 is 0 Å². The molecule has 0 aliphatic heterocycles. The Kier molecular flexibility index (Phi) is 3.62. The fourth-order valence-electron chi connectivity index (χ4n) is 1.59. The van der Waals surface area contributed by atoms with Crippen molar-refractivity contribution in [3.63, 3.8) is 0 Å². The molecule has 5 nitrogen and oxygen atoms in total. The molecule has 18 heavy (non-hydrogen) atoms. The second kappa shape index (κ2) is 5.35. The van der Waals surface area contributed by atoms with Crippen LogP contribution >= 0.6 is 0 Å². The van der Waals surface area contributed by atoms with Gasteiger partial charge in [-0.15, -0.1) is 0 Å². The lowest BCUT2D eigenvalue weighted by Gasteiger charge is -2.03. The van der Waals surface area contributed by atoms with E-state index in [0.29, 0.717) is 17.1 Å². The summed E-state index contributed by atoms with van der Waals surface area (Å²) in [7, 11) is 0. The van der Waals surface area contributed by atoms with Crippen molar-refractivity contribution in [2.24, 2.45) is 5.73 Å². The number of nitrogen functional groups attached to an aromatic ring is 1. The van der Waals surface area contributed by atoms with Gasteiger partial charge in [0.05, 0.1) is 12.4 Å². The number of amidine groups is 1. The lowest BCUT2D eigenvalue weighted by Crippen LogP contribution is -2.10. The summed E-state index contributed by atoms with van der Waals surface area (Å²) in [6, 6.07) is 7.09. The Hall–Kier alpha value is -2.30. The van der Waals surface area contributed by atoms with Crippen LogP contribution < -0.4 is 10.5 Å². The molecule has 94 valence electrons. The Labute approximate surface area is 106 Å². The van der Waals surface area contributed by atoms with E-state index in [1.807, 2.05) is 10.9 Å². The summed E-state index contributed by atoms with van der Waals surface area (Å²) >= 11 is 0. The van der Waals surface area contributed by atoms with E-state index in [0.717, 1.165) is 13.0 Å². The van der Waals surface area contributed by atoms with Crippen molar-refractivity contribution in [1.29, 1.82) is 5.41 Å². The fourth-order valence-corrected chi connectivity index (χ4v) is 1.59. The van der Waals surface area contributed by atoms with Gasteiger partial charge in [-0.2, -0.15) is 5.10 Å². The Morgan fingerprint density at radius 2 is 2.06 bits per heavy atom. The van der Waals surface area contributed by atoms with Gasteiger partial charge in [0, 0.05) is 12.1 Å². The zero-order chi connectivity index (χ0) is 13.0. The van der Waals surface area contributed by atoms with Crippen LogP contribution in [0.3, 0.4) is 0 Å². The van der Waals surface area contributed by atoms with Gasteiger partial charge in [0.25, 0.3) is 0 Å². The number of aryl methyl sites for hydroxylation is 1. The maximum atomic E-state index is 7.30. The lowest BCUT2D eigenvalue weighted by atomic mass is 10.2. The van der Waals surface area contributed by atoms with E-state index in [2.05, 4.69) is 12.0 Å². The summed E-state index contributed by atoms with van der Waals surface area (Å²) in [5, 5.41) is 11.5. The Bertz CT molecular complexity index is 530. The maximum absolute atomic E-state index is 7.30. The molecule has 1 aromatic carbocycles. The highest BCUT2D eigenvalue weighted by Gasteiger charge is 2.02. The molecule has 0 aliphatic carbocycles. The van der Waals surface area contributed by atoms with Crippen molar-refractivity contribution in [2.45, 2.75) is 19.9 Å². The normalized spacial score (nSPS) is 10.3. The zero-order valence-corrected chi connectivity index (χ0v) is 10.3. The highest BCUT2D eigenvalue weighted by molar-refractivity contribution is 5.94. The predicted molar refractivity (Wildman–Crippen MR) is 70.1 cm³/mol. The molecule has 2 aromatic rings. The third kappa shape index (κ3) is 2.88. The highest BCUT2D eigenvalue weighted by Crippen LogP contribution is 2.20. The molecule has 0 spiro atoms. The van der Waals surface area contributed by atoms with Crippen LogP contribution in [0.2, 0.25) is 0 Å². The van der Waals surface area contributed by atoms with Gasteiger partial charge < -0.3 is 10.5 Å². The van der Waals surface area contributed by atoms with Crippen molar-refractivity contribution in [1.82, 2.24) is 9.78 Å². The number of benzene rings is 1. The van der Waals surface area contributed by atoms with E-state index in [-0.39, 0.29) is 5.84 Å². The van der Waals surface area contributed by atoms with Crippen molar-refractivity contribution in [3.8, 4) is 11.5 Å². The highest BCUT2D eigenvalue weighted by atomic mass is 16.5. The monoisotopic (exact) mass is 244 g/mol. The third-order valence-corrected chi connectivity index (χ3v) is 2.46. The summed E-state index contributed by atoms with van der Waals surface area (Å²) in [4.78, 5) is 0. The summed E-state index contributed by atoms with van der Waals surface area (Å²) in [6.07, 6.45) is 4.59. The minimum atomic E-state index is 0.0531. The number of rotatable bonds is 5. The molecule has 2 rings (SSSR count). The van der Waals surface area contributed by atoms with E-state index in [1.54, 1.807) is 30.5 Å². The molecule has 3 N–H and O–H groups in total. The Balaban J connectivity index is 2.06.